The zero-order valence-corrected chi connectivity index (χ0v) is 12.0. The summed E-state index contributed by atoms with van der Waals surface area (Å²) in [4.78, 5) is 0. The van der Waals surface area contributed by atoms with Gasteiger partial charge in [-0.1, -0.05) is 30.3 Å². The maximum atomic E-state index is 5.83. The number of hydrogen-bond acceptors (Lipinski definition) is 4. The average Bonchev–Trinajstić information content (AvgIpc) is 2.56. The molecule has 0 heterocycles. The monoisotopic (exact) mass is 288 g/mol. The molecule has 0 radical (unpaired) electrons. The number of anilines is 3. The Morgan fingerprint density at radius 1 is 0.636 bits per heavy atom. The Morgan fingerprint density at radius 3 is 2.00 bits per heavy atom. The second kappa shape index (κ2) is 6.54. The topological polar surface area (TPSA) is 62.8 Å². The minimum atomic E-state index is 0.619. The third-order valence-electron chi connectivity index (χ3n) is 3.14. The molecule has 3 aromatic rings. The third kappa shape index (κ3) is 3.49. The minimum absolute atomic E-state index is 0.619. The van der Waals surface area contributed by atoms with Crippen molar-refractivity contribution in [3.05, 3.63) is 78.9 Å². The van der Waals surface area contributed by atoms with Crippen LogP contribution in [-0.2, 0) is 0 Å². The molecule has 3 N–H and O–H groups in total. The van der Waals surface area contributed by atoms with Crippen molar-refractivity contribution in [2.45, 2.75) is 0 Å². The van der Waals surface area contributed by atoms with Gasteiger partial charge in [-0.05, 0) is 48.5 Å². The highest BCUT2D eigenvalue weighted by Gasteiger charge is 1.97. The summed E-state index contributed by atoms with van der Waals surface area (Å²) in [5, 5.41) is 11.7. The van der Waals surface area contributed by atoms with Crippen LogP contribution in [0.4, 0.5) is 28.4 Å². The number of hydrogen-bond donors (Lipinski definition) is 2. The van der Waals surface area contributed by atoms with Gasteiger partial charge in [0.25, 0.3) is 0 Å². The first kappa shape index (κ1) is 13.8. The lowest BCUT2D eigenvalue weighted by Crippen LogP contribution is -1.88. The Bertz CT molecular complexity index is 765. The SMILES string of the molecule is Nc1ccccc1N=Nc1ccc(Nc2ccccc2)cc1. The van der Waals surface area contributed by atoms with Gasteiger partial charge in [0, 0.05) is 11.4 Å². The number of para-hydroxylation sites is 2. The van der Waals surface area contributed by atoms with Gasteiger partial charge in [0.05, 0.1) is 11.4 Å². The second-order valence-corrected chi connectivity index (χ2v) is 4.80. The second-order valence-electron chi connectivity index (χ2n) is 4.80. The zero-order chi connectivity index (χ0) is 15.2. The van der Waals surface area contributed by atoms with E-state index < -0.39 is 0 Å². The van der Waals surface area contributed by atoms with Crippen LogP contribution in [-0.4, -0.2) is 0 Å². The lowest BCUT2D eigenvalue weighted by molar-refractivity contribution is 1.23. The normalized spacial score (nSPS) is 10.7. The van der Waals surface area contributed by atoms with Crippen LogP contribution in [0.3, 0.4) is 0 Å². The van der Waals surface area contributed by atoms with Crippen LogP contribution in [0.5, 0.6) is 0 Å². The fraction of sp³-hybridized carbons (Fsp3) is 0. The maximum absolute atomic E-state index is 5.83. The molecule has 0 aliphatic carbocycles. The van der Waals surface area contributed by atoms with E-state index in [0.29, 0.717) is 11.4 Å². The molecule has 22 heavy (non-hydrogen) atoms. The van der Waals surface area contributed by atoms with E-state index in [4.69, 9.17) is 5.73 Å². The van der Waals surface area contributed by atoms with Crippen LogP contribution < -0.4 is 11.1 Å². The number of nitrogens with one attached hydrogen (secondary N) is 1. The van der Waals surface area contributed by atoms with Gasteiger partial charge >= 0.3 is 0 Å². The summed E-state index contributed by atoms with van der Waals surface area (Å²) in [6.07, 6.45) is 0. The Morgan fingerprint density at radius 2 is 1.27 bits per heavy atom. The molecule has 0 saturated heterocycles. The molecule has 4 nitrogen and oxygen atoms in total. The van der Waals surface area contributed by atoms with Gasteiger partial charge in [0.1, 0.15) is 5.69 Å². The molecular weight excluding hydrogens is 272 g/mol. The lowest BCUT2D eigenvalue weighted by atomic mass is 10.2. The highest BCUT2D eigenvalue weighted by Crippen LogP contribution is 2.25. The summed E-state index contributed by atoms with van der Waals surface area (Å²) < 4.78 is 0. The van der Waals surface area contributed by atoms with E-state index >= 15 is 0 Å². The van der Waals surface area contributed by atoms with Crippen molar-refractivity contribution in [3.8, 4) is 0 Å². The fourth-order valence-electron chi connectivity index (χ4n) is 1.99. The van der Waals surface area contributed by atoms with E-state index in [0.717, 1.165) is 17.1 Å². The summed E-state index contributed by atoms with van der Waals surface area (Å²) in [5.74, 6) is 0. The summed E-state index contributed by atoms with van der Waals surface area (Å²) in [6, 6.07) is 25.2. The molecule has 3 aromatic carbocycles. The first-order valence-corrected chi connectivity index (χ1v) is 7.00. The molecule has 0 spiro atoms. The third-order valence-corrected chi connectivity index (χ3v) is 3.14. The van der Waals surface area contributed by atoms with E-state index in [9.17, 15) is 0 Å². The summed E-state index contributed by atoms with van der Waals surface area (Å²) in [7, 11) is 0. The van der Waals surface area contributed by atoms with Crippen molar-refractivity contribution in [1.29, 1.82) is 0 Å². The number of nitrogen functional groups attached to an aromatic ring is 1. The molecule has 3 rings (SSSR count). The fourth-order valence-corrected chi connectivity index (χ4v) is 1.99. The summed E-state index contributed by atoms with van der Waals surface area (Å²) in [6.45, 7) is 0. The highest BCUT2D eigenvalue weighted by molar-refractivity contribution is 5.63. The molecule has 0 saturated carbocycles. The Labute approximate surface area is 129 Å². The number of nitrogens with two attached hydrogens (primary N) is 1. The maximum Gasteiger partial charge on any atom is 0.109 e. The Hall–Kier alpha value is -3.14. The molecule has 0 aromatic heterocycles. The minimum Gasteiger partial charge on any atom is -0.397 e. The molecule has 4 heteroatoms. The van der Waals surface area contributed by atoms with Gasteiger partial charge in [-0.25, -0.2) is 0 Å². The Kier molecular flexibility index (Phi) is 4.11. The van der Waals surface area contributed by atoms with Crippen molar-refractivity contribution in [2.75, 3.05) is 11.1 Å². The van der Waals surface area contributed by atoms with Crippen LogP contribution in [0.15, 0.2) is 89.1 Å². The van der Waals surface area contributed by atoms with Crippen LogP contribution in [0.25, 0.3) is 0 Å². The van der Waals surface area contributed by atoms with Crippen LogP contribution in [0.1, 0.15) is 0 Å². The van der Waals surface area contributed by atoms with Crippen molar-refractivity contribution in [1.82, 2.24) is 0 Å². The number of azo groups is 1. The number of nitrogens with zero attached hydrogens (tertiary/aromatic N) is 2. The van der Waals surface area contributed by atoms with Crippen LogP contribution in [0.2, 0.25) is 0 Å². The van der Waals surface area contributed by atoms with Gasteiger partial charge in [-0.15, -0.1) is 5.11 Å². The predicted octanol–water partition coefficient (Wildman–Crippen LogP) is 5.43. The van der Waals surface area contributed by atoms with E-state index in [1.807, 2.05) is 72.8 Å². The molecule has 0 bridgehead atoms. The van der Waals surface area contributed by atoms with Crippen LogP contribution in [0, 0.1) is 0 Å². The first-order valence-electron chi connectivity index (χ1n) is 7.00. The summed E-state index contributed by atoms with van der Waals surface area (Å²) >= 11 is 0. The molecule has 0 unspecified atom stereocenters. The van der Waals surface area contributed by atoms with Gasteiger partial charge < -0.3 is 11.1 Å². The molecule has 0 atom stereocenters. The quantitative estimate of drug-likeness (QED) is 0.497. The van der Waals surface area contributed by atoms with Crippen LogP contribution >= 0.6 is 0 Å². The predicted molar refractivity (Wildman–Crippen MR) is 91.2 cm³/mol. The molecule has 0 aliphatic heterocycles. The van der Waals surface area contributed by atoms with E-state index in [1.165, 1.54) is 0 Å². The molecule has 0 amide bonds. The van der Waals surface area contributed by atoms with E-state index in [-0.39, 0.29) is 0 Å². The van der Waals surface area contributed by atoms with Crippen molar-refractivity contribution in [3.63, 3.8) is 0 Å². The van der Waals surface area contributed by atoms with E-state index in [2.05, 4.69) is 15.5 Å². The zero-order valence-electron chi connectivity index (χ0n) is 12.0. The largest absolute Gasteiger partial charge is 0.397 e. The van der Waals surface area contributed by atoms with Gasteiger partial charge in [0.2, 0.25) is 0 Å². The summed E-state index contributed by atoms with van der Waals surface area (Å²) in [5.41, 5.74) is 9.96. The smallest absolute Gasteiger partial charge is 0.109 e. The van der Waals surface area contributed by atoms with E-state index in [1.54, 1.807) is 6.07 Å². The molecule has 0 aliphatic rings. The van der Waals surface area contributed by atoms with Gasteiger partial charge in [0.15, 0.2) is 0 Å². The lowest BCUT2D eigenvalue weighted by Gasteiger charge is -2.05. The number of rotatable bonds is 4. The molecule has 0 fully saturated rings. The van der Waals surface area contributed by atoms with Gasteiger partial charge in [-0.2, -0.15) is 5.11 Å². The average molecular weight is 288 g/mol. The Balaban J connectivity index is 1.71. The van der Waals surface area contributed by atoms with Crippen molar-refractivity contribution in [2.24, 2.45) is 10.2 Å². The van der Waals surface area contributed by atoms with Crippen molar-refractivity contribution >= 4 is 28.4 Å². The highest BCUT2D eigenvalue weighted by atomic mass is 15.1. The first-order chi connectivity index (χ1) is 10.8. The molecule has 108 valence electrons. The number of benzene rings is 3. The molecular formula is C18H16N4. The van der Waals surface area contributed by atoms with Gasteiger partial charge in [-0.3, -0.25) is 0 Å². The standard InChI is InChI=1S/C18H16N4/c19-17-8-4-5-9-18(17)22-21-16-12-10-15(11-13-16)20-14-6-2-1-3-7-14/h1-13,20H,19H2. The van der Waals surface area contributed by atoms with Crippen molar-refractivity contribution < 1.29 is 0 Å².